The molecule has 106 valence electrons. The van der Waals surface area contributed by atoms with Gasteiger partial charge in [-0.15, -0.1) is 0 Å². The molecule has 0 aliphatic rings. The number of nitrogens with zero attached hydrogens (tertiary/aromatic N) is 4. The summed E-state index contributed by atoms with van der Waals surface area (Å²) in [5.74, 6) is -0.678. The average molecular weight is 276 g/mol. The van der Waals surface area contributed by atoms with E-state index in [4.69, 9.17) is 5.73 Å². The van der Waals surface area contributed by atoms with Crippen molar-refractivity contribution in [2.45, 2.75) is 25.3 Å². The fraction of sp³-hybridized carbons (Fsp3) is 0.417. The molecule has 0 saturated carbocycles. The molecule has 0 saturated heterocycles. The van der Waals surface area contributed by atoms with Gasteiger partial charge in [0.15, 0.2) is 0 Å². The Morgan fingerprint density at radius 2 is 2.15 bits per heavy atom. The molecule has 0 aliphatic heterocycles. The van der Waals surface area contributed by atoms with Gasteiger partial charge in [0.25, 0.3) is 0 Å². The van der Waals surface area contributed by atoms with E-state index in [1.54, 1.807) is 6.20 Å². The number of aliphatic carboxylic acids is 1. The van der Waals surface area contributed by atoms with Crippen LogP contribution in [0.15, 0.2) is 18.7 Å². The highest BCUT2D eigenvalue weighted by atomic mass is 16.4. The van der Waals surface area contributed by atoms with E-state index >= 15 is 0 Å². The third-order valence-corrected chi connectivity index (χ3v) is 2.81. The van der Waals surface area contributed by atoms with Crippen LogP contribution in [0.3, 0.4) is 0 Å². The number of hydrogen-bond donors (Lipinski definition) is 3. The van der Waals surface area contributed by atoms with E-state index in [9.17, 15) is 9.90 Å². The second kappa shape index (κ2) is 6.71. The van der Waals surface area contributed by atoms with Crippen molar-refractivity contribution in [2.24, 2.45) is 5.73 Å². The van der Waals surface area contributed by atoms with Crippen LogP contribution in [-0.2, 0) is 4.79 Å². The molecule has 0 aliphatic carbocycles. The van der Waals surface area contributed by atoms with E-state index < -0.39 is 12.0 Å². The van der Waals surface area contributed by atoms with Crippen molar-refractivity contribution in [1.29, 1.82) is 0 Å². The van der Waals surface area contributed by atoms with Crippen LogP contribution < -0.4 is 11.1 Å². The van der Waals surface area contributed by atoms with Gasteiger partial charge in [0.05, 0.1) is 12.4 Å². The highest BCUT2D eigenvalue weighted by molar-refractivity contribution is 5.77. The Morgan fingerprint density at radius 1 is 1.30 bits per heavy atom. The Kier molecular flexibility index (Phi) is 4.72. The highest BCUT2D eigenvalue weighted by Gasteiger charge is 2.17. The van der Waals surface area contributed by atoms with Gasteiger partial charge in [0.1, 0.15) is 23.4 Å². The van der Waals surface area contributed by atoms with Crippen molar-refractivity contribution in [1.82, 2.24) is 19.9 Å². The first-order chi connectivity index (χ1) is 9.70. The van der Waals surface area contributed by atoms with E-state index in [2.05, 4.69) is 25.3 Å². The van der Waals surface area contributed by atoms with Gasteiger partial charge in [-0.3, -0.25) is 0 Å². The van der Waals surface area contributed by atoms with E-state index in [1.165, 1.54) is 12.5 Å². The number of rotatable bonds is 7. The van der Waals surface area contributed by atoms with Crippen molar-refractivity contribution in [3.8, 4) is 0 Å². The van der Waals surface area contributed by atoms with Crippen LogP contribution >= 0.6 is 0 Å². The smallest absolute Gasteiger partial charge is 0.326 e. The van der Waals surface area contributed by atoms with Crippen molar-refractivity contribution >= 4 is 23.0 Å². The maximum Gasteiger partial charge on any atom is 0.326 e. The Morgan fingerprint density at radius 3 is 2.90 bits per heavy atom. The summed E-state index contributed by atoms with van der Waals surface area (Å²) in [5.41, 5.74) is 6.58. The lowest BCUT2D eigenvalue weighted by Gasteiger charge is -2.14. The van der Waals surface area contributed by atoms with Gasteiger partial charge in [-0.25, -0.2) is 24.7 Å². The van der Waals surface area contributed by atoms with Crippen molar-refractivity contribution in [3.63, 3.8) is 0 Å². The molecule has 0 spiro atoms. The first kappa shape index (κ1) is 14.1. The number of carbonyl (C=O) groups is 1. The summed E-state index contributed by atoms with van der Waals surface area (Å²) in [6.45, 7) is 0.552. The molecule has 8 nitrogen and oxygen atoms in total. The summed E-state index contributed by atoms with van der Waals surface area (Å²) in [5, 5.41) is 12.0. The third-order valence-electron chi connectivity index (χ3n) is 2.81. The highest BCUT2D eigenvalue weighted by Crippen LogP contribution is 2.11. The molecule has 0 radical (unpaired) electrons. The topological polar surface area (TPSA) is 127 Å². The van der Waals surface area contributed by atoms with Gasteiger partial charge in [-0.1, -0.05) is 0 Å². The summed E-state index contributed by atoms with van der Waals surface area (Å²) in [4.78, 5) is 27.3. The van der Waals surface area contributed by atoms with Gasteiger partial charge < -0.3 is 16.2 Å². The van der Waals surface area contributed by atoms with Gasteiger partial charge in [-0.2, -0.15) is 0 Å². The minimum absolute atomic E-state index is 0.257. The predicted octanol–water partition coefficient (Wildman–Crippen LogP) is 0.414. The fourth-order valence-electron chi connectivity index (χ4n) is 1.76. The SMILES string of the molecule is NCCCC[C@H](Nc1ncc2ncncc2n1)C(=O)O. The van der Waals surface area contributed by atoms with Crippen LogP contribution in [-0.4, -0.2) is 43.6 Å². The molecule has 8 heteroatoms. The quantitative estimate of drug-likeness (QED) is 0.621. The number of fused-ring (bicyclic) bond motifs is 1. The summed E-state index contributed by atoms with van der Waals surface area (Å²) in [6.07, 6.45) is 6.49. The van der Waals surface area contributed by atoms with Crippen molar-refractivity contribution in [3.05, 3.63) is 18.7 Å². The van der Waals surface area contributed by atoms with Crippen LogP contribution in [0, 0.1) is 0 Å². The summed E-state index contributed by atoms with van der Waals surface area (Å²) in [7, 11) is 0. The summed E-state index contributed by atoms with van der Waals surface area (Å²) in [6, 6.07) is -0.733. The average Bonchev–Trinajstić information content (AvgIpc) is 2.46. The third kappa shape index (κ3) is 3.58. The standard InChI is InChI=1S/C12H16N6O2/c13-4-2-1-3-8(11(19)20)17-12-15-6-9-10(18-12)5-14-7-16-9/h5-8H,1-4,13H2,(H,19,20)(H,15,17,18)/t8-/m0/s1. The molecule has 4 N–H and O–H groups in total. The lowest BCUT2D eigenvalue weighted by molar-refractivity contribution is -0.138. The fourth-order valence-corrected chi connectivity index (χ4v) is 1.76. The van der Waals surface area contributed by atoms with Gasteiger partial charge in [0.2, 0.25) is 5.95 Å². The molecule has 2 aromatic rings. The number of nitrogens with two attached hydrogens (primary N) is 1. The number of carboxylic acid groups (broad SMARTS) is 1. The molecule has 0 bridgehead atoms. The summed E-state index contributed by atoms with van der Waals surface area (Å²) >= 11 is 0. The second-order valence-corrected chi connectivity index (χ2v) is 4.31. The molecule has 20 heavy (non-hydrogen) atoms. The predicted molar refractivity (Wildman–Crippen MR) is 73.1 cm³/mol. The Hall–Kier alpha value is -2.35. The zero-order chi connectivity index (χ0) is 14.4. The van der Waals surface area contributed by atoms with Crippen LogP contribution in [0.2, 0.25) is 0 Å². The number of unbranched alkanes of at least 4 members (excludes halogenated alkanes) is 1. The Balaban J connectivity index is 2.09. The summed E-state index contributed by atoms with van der Waals surface area (Å²) < 4.78 is 0. The lowest BCUT2D eigenvalue weighted by atomic mass is 10.1. The Labute approximate surface area is 115 Å². The van der Waals surface area contributed by atoms with Crippen LogP contribution in [0.4, 0.5) is 5.95 Å². The van der Waals surface area contributed by atoms with E-state index in [0.717, 1.165) is 12.8 Å². The van der Waals surface area contributed by atoms with E-state index in [1.807, 2.05) is 0 Å². The van der Waals surface area contributed by atoms with Gasteiger partial charge >= 0.3 is 5.97 Å². The van der Waals surface area contributed by atoms with E-state index in [-0.39, 0.29) is 5.95 Å². The number of hydrogen-bond acceptors (Lipinski definition) is 7. The zero-order valence-electron chi connectivity index (χ0n) is 10.9. The minimum atomic E-state index is -0.935. The van der Waals surface area contributed by atoms with Crippen molar-refractivity contribution < 1.29 is 9.90 Å². The monoisotopic (exact) mass is 276 g/mol. The first-order valence-electron chi connectivity index (χ1n) is 6.33. The Bertz CT molecular complexity index is 591. The molecular weight excluding hydrogens is 260 g/mol. The molecule has 2 rings (SSSR count). The van der Waals surface area contributed by atoms with Crippen LogP contribution in [0.1, 0.15) is 19.3 Å². The molecule has 0 fully saturated rings. The van der Waals surface area contributed by atoms with Crippen LogP contribution in [0.5, 0.6) is 0 Å². The molecular formula is C12H16N6O2. The molecule has 2 aromatic heterocycles. The zero-order valence-corrected chi connectivity index (χ0v) is 10.9. The molecule has 1 atom stereocenters. The minimum Gasteiger partial charge on any atom is -0.480 e. The maximum absolute atomic E-state index is 11.2. The number of nitrogens with one attached hydrogen (secondary N) is 1. The van der Waals surface area contributed by atoms with Crippen LogP contribution in [0.25, 0.3) is 11.0 Å². The largest absolute Gasteiger partial charge is 0.480 e. The molecule has 0 unspecified atom stereocenters. The maximum atomic E-state index is 11.2. The molecule has 0 aromatic carbocycles. The van der Waals surface area contributed by atoms with Gasteiger partial charge in [-0.05, 0) is 25.8 Å². The lowest BCUT2D eigenvalue weighted by Crippen LogP contribution is -2.30. The first-order valence-corrected chi connectivity index (χ1v) is 6.33. The molecule has 0 amide bonds. The number of carboxylic acids is 1. The normalized spacial score (nSPS) is 12.2. The number of aromatic nitrogens is 4. The molecule has 2 heterocycles. The van der Waals surface area contributed by atoms with E-state index in [0.29, 0.717) is 24.0 Å². The number of anilines is 1. The second-order valence-electron chi connectivity index (χ2n) is 4.31. The van der Waals surface area contributed by atoms with Gasteiger partial charge in [0, 0.05) is 0 Å². The van der Waals surface area contributed by atoms with Crippen molar-refractivity contribution in [2.75, 3.05) is 11.9 Å².